The van der Waals surface area contributed by atoms with Gasteiger partial charge < -0.3 is 0 Å². The van der Waals surface area contributed by atoms with Gasteiger partial charge in [0.05, 0.1) is 0 Å². The highest BCUT2D eigenvalue weighted by Crippen LogP contribution is 2.17. The Morgan fingerprint density at radius 3 is 2.93 bits per heavy atom. The first-order valence-corrected chi connectivity index (χ1v) is 4.82. The fraction of sp³-hybridized carbons (Fsp3) is 0.222. The van der Waals surface area contributed by atoms with E-state index >= 15 is 0 Å². The van der Waals surface area contributed by atoms with Gasteiger partial charge in [-0.3, -0.25) is 10.2 Å². The van der Waals surface area contributed by atoms with Gasteiger partial charge >= 0.3 is 0 Å². The number of hydrazine groups is 1. The van der Waals surface area contributed by atoms with Crippen LogP contribution in [0.1, 0.15) is 12.5 Å². The van der Waals surface area contributed by atoms with Gasteiger partial charge in [-0.25, -0.2) is 9.82 Å². The minimum atomic E-state index is -0.298. The van der Waals surface area contributed by atoms with E-state index in [2.05, 4.69) is 26.8 Å². The van der Waals surface area contributed by atoms with Crippen LogP contribution in [-0.2, 0) is 11.3 Å². The summed E-state index contributed by atoms with van der Waals surface area (Å²) in [5, 5.41) is 0. The first kappa shape index (κ1) is 11.1. The Balaban J connectivity index is 2.57. The molecule has 1 aromatic carbocycles. The third-order valence-electron chi connectivity index (χ3n) is 1.55. The highest BCUT2D eigenvalue weighted by molar-refractivity contribution is 9.10. The molecule has 2 N–H and O–H groups in total. The zero-order valence-corrected chi connectivity index (χ0v) is 9.19. The molecule has 1 aromatic rings. The molecule has 0 saturated carbocycles. The van der Waals surface area contributed by atoms with E-state index in [1.807, 2.05) is 0 Å². The second kappa shape index (κ2) is 5.07. The van der Waals surface area contributed by atoms with Crippen LogP contribution in [0.4, 0.5) is 4.39 Å². The predicted molar refractivity (Wildman–Crippen MR) is 54.8 cm³/mol. The lowest BCUT2D eigenvalue weighted by molar-refractivity contribution is -0.119. The van der Waals surface area contributed by atoms with E-state index in [0.717, 1.165) is 10.0 Å². The zero-order valence-electron chi connectivity index (χ0n) is 7.60. The van der Waals surface area contributed by atoms with Crippen molar-refractivity contribution < 1.29 is 9.18 Å². The molecule has 76 valence electrons. The molecule has 0 unspecified atom stereocenters. The number of carbonyl (C=O) groups excluding carboxylic acids is 1. The maximum Gasteiger partial charge on any atom is 0.230 e. The fourth-order valence-corrected chi connectivity index (χ4v) is 1.33. The maximum atomic E-state index is 12.8. The van der Waals surface area contributed by atoms with Gasteiger partial charge in [0.1, 0.15) is 5.82 Å². The lowest BCUT2D eigenvalue weighted by atomic mass is 10.2. The van der Waals surface area contributed by atoms with Crippen LogP contribution in [-0.4, -0.2) is 5.91 Å². The summed E-state index contributed by atoms with van der Waals surface area (Å²) >= 11 is 3.28. The summed E-state index contributed by atoms with van der Waals surface area (Å²) in [6, 6.07) is 4.39. The van der Waals surface area contributed by atoms with Crippen LogP contribution in [0.5, 0.6) is 0 Å². The van der Waals surface area contributed by atoms with Crippen molar-refractivity contribution in [2.45, 2.75) is 13.5 Å². The van der Waals surface area contributed by atoms with Gasteiger partial charge in [0, 0.05) is 17.9 Å². The highest BCUT2D eigenvalue weighted by Gasteiger charge is 2.01. The number of hydrogen-bond donors (Lipinski definition) is 2. The average Bonchev–Trinajstić information content (AvgIpc) is 2.10. The van der Waals surface area contributed by atoms with Crippen molar-refractivity contribution in [2.24, 2.45) is 0 Å². The maximum absolute atomic E-state index is 12.8. The van der Waals surface area contributed by atoms with Gasteiger partial charge in [-0.15, -0.1) is 0 Å². The Hall–Kier alpha value is -0.940. The molecular weight excluding hydrogens is 251 g/mol. The van der Waals surface area contributed by atoms with E-state index in [9.17, 15) is 9.18 Å². The second-order valence-corrected chi connectivity index (χ2v) is 3.62. The number of halogens is 2. The SMILES string of the molecule is CC(=O)NNCc1cc(F)ccc1Br. The minimum absolute atomic E-state index is 0.183. The van der Waals surface area contributed by atoms with Crippen molar-refractivity contribution in [1.82, 2.24) is 10.9 Å². The average molecular weight is 261 g/mol. The third-order valence-corrected chi connectivity index (χ3v) is 2.32. The molecule has 0 saturated heterocycles. The van der Waals surface area contributed by atoms with Crippen LogP contribution in [0.3, 0.4) is 0 Å². The van der Waals surface area contributed by atoms with E-state index in [0.29, 0.717) is 6.54 Å². The van der Waals surface area contributed by atoms with E-state index in [1.165, 1.54) is 19.1 Å². The molecule has 0 aliphatic rings. The number of hydrogen-bond acceptors (Lipinski definition) is 2. The summed E-state index contributed by atoms with van der Waals surface area (Å²) in [7, 11) is 0. The van der Waals surface area contributed by atoms with Gasteiger partial charge in [-0.2, -0.15) is 0 Å². The Morgan fingerprint density at radius 1 is 1.57 bits per heavy atom. The van der Waals surface area contributed by atoms with E-state index in [-0.39, 0.29) is 11.7 Å². The van der Waals surface area contributed by atoms with E-state index in [1.54, 1.807) is 6.07 Å². The normalized spacial score (nSPS) is 9.93. The molecule has 0 aliphatic heterocycles. The van der Waals surface area contributed by atoms with Crippen molar-refractivity contribution >= 4 is 21.8 Å². The van der Waals surface area contributed by atoms with Crippen LogP contribution in [0.15, 0.2) is 22.7 Å². The smallest absolute Gasteiger partial charge is 0.230 e. The summed E-state index contributed by atoms with van der Waals surface area (Å²) in [6.07, 6.45) is 0. The molecule has 0 aliphatic carbocycles. The van der Waals surface area contributed by atoms with Gasteiger partial charge in [0.15, 0.2) is 0 Å². The van der Waals surface area contributed by atoms with Crippen molar-refractivity contribution in [3.8, 4) is 0 Å². The fourth-order valence-electron chi connectivity index (χ4n) is 0.943. The van der Waals surface area contributed by atoms with Gasteiger partial charge in [0.2, 0.25) is 5.91 Å². The molecule has 14 heavy (non-hydrogen) atoms. The molecule has 1 amide bonds. The standard InChI is InChI=1S/C9H10BrFN2O/c1-6(14)13-12-5-7-4-8(11)2-3-9(7)10/h2-4,12H,5H2,1H3,(H,13,14). The van der Waals surface area contributed by atoms with Gasteiger partial charge in [0.25, 0.3) is 0 Å². The Bertz CT molecular complexity index is 344. The first-order valence-electron chi connectivity index (χ1n) is 4.03. The molecule has 0 heterocycles. The first-order chi connectivity index (χ1) is 6.59. The van der Waals surface area contributed by atoms with Crippen molar-refractivity contribution in [1.29, 1.82) is 0 Å². The number of nitrogens with one attached hydrogen (secondary N) is 2. The summed E-state index contributed by atoms with van der Waals surface area (Å²) < 4.78 is 13.6. The lowest BCUT2D eigenvalue weighted by Gasteiger charge is -2.06. The summed E-state index contributed by atoms with van der Waals surface area (Å²) in [4.78, 5) is 10.5. The molecule has 0 atom stereocenters. The molecule has 0 spiro atoms. The lowest BCUT2D eigenvalue weighted by Crippen LogP contribution is -2.35. The van der Waals surface area contributed by atoms with Gasteiger partial charge in [-0.1, -0.05) is 15.9 Å². The van der Waals surface area contributed by atoms with Gasteiger partial charge in [-0.05, 0) is 23.8 Å². The third kappa shape index (κ3) is 3.43. The summed E-state index contributed by atoms with van der Waals surface area (Å²) in [5.41, 5.74) is 5.83. The highest BCUT2D eigenvalue weighted by atomic mass is 79.9. The van der Waals surface area contributed by atoms with Crippen LogP contribution in [0.25, 0.3) is 0 Å². The van der Waals surface area contributed by atoms with Crippen LogP contribution in [0, 0.1) is 5.82 Å². The Kier molecular flexibility index (Phi) is 4.03. The number of carbonyl (C=O) groups is 1. The number of benzene rings is 1. The molecular formula is C9H10BrFN2O. The van der Waals surface area contributed by atoms with Crippen molar-refractivity contribution in [3.05, 3.63) is 34.1 Å². The van der Waals surface area contributed by atoms with E-state index < -0.39 is 0 Å². The number of rotatable bonds is 3. The zero-order chi connectivity index (χ0) is 10.6. The quantitative estimate of drug-likeness (QED) is 0.813. The van der Waals surface area contributed by atoms with E-state index in [4.69, 9.17) is 0 Å². The molecule has 0 radical (unpaired) electrons. The molecule has 0 fully saturated rings. The second-order valence-electron chi connectivity index (χ2n) is 2.77. The van der Waals surface area contributed by atoms with Crippen LogP contribution >= 0.6 is 15.9 Å². The molecule has 0 bridgehead atoms. The molecule has 3 nitrogen and oxygen atoms in total. The largest absolute Gasteiger partial charge is 0.292 e. The molecule has 5 heteroatoms. The topological polar surface area (TPSA) is 41.1 Å². The van der Waals surface area contributed by atoms with Crippen LogP contribution in [0.2, 0.25) is 0 Å². The number of amides is 1. The Labute approximate surface area is 89.8 Å². The summed E-state index contributed by atoms with van der Waals surface area (Å²) in [6.45, 7) is 1.77. The molecule has 0 aromatic heterocycles. The summed E-state index contributed by atoms with van der Waals surface area (Å²) in [5.74, 6) is -0.481. The van der Waals surface area contributed by atoms with Crippen molar-refractivity contribution in [3.63, 3.8) is 0 Å². The Morgan fingerprint density at radius 2 is 2.29 bits per heavy atom. The monoisotopic (exact) mass is 260 g/mol. The molecule has 1 rings (SSSR count). The van der Waals surface area contributed by atoms with Crippen LogP contribution < -0.4 is 10.9 Å². The minimum Gasteiger partial charge on any atom is -0.292 e. The van der Waals surface area contributed by atoms with Crippen molar-refractivity contribution in [2.75, 3.05) is 0 Å². The predicted octanol–water partition coefficient (Wildman–Crippen LogP) is 1.73.